The number of para-hydroxylation sites is 2. The molecule has 0 aromatic heterocycles. The van der Waals surface area contributed by atoms with Crippen molar-refractivity contribution >= 4 is 29.1 Å². The standard InChI is InChI=1S/C21H20N4O3/c22-11-10-19(26)23-17-8-4-5-9-18(17)24-21(28)16-12-20(27)25(14-16)13-15-6-2-1-3-7-15/h1-9,16H,10,12-14H2,(H,23,26)(H,24,28). The first kappa shape index (κ1) is 19.1. The fraction of sp³-hybridized carbons (Fsp3) is 0.238. The predicted octanol–water partition coefficient (Wildman–Crippen LogP) is 2.53. The molecule has 2 aromatic rings. The third kappa shape index (κ3) is 4.74. The van der Waals surface area contributed by atoms with E-state index in [2.05, 4.69) is 10.6 Å². The van der Waals surface area contributed by atoms with Crippen molar-refractivity contribution in [1.29, 1.82) is 5.26 Å². The second kappa shape index (κ2) is 8.82. The van der Waals surface area contributed by atoms with E-state index in [1.807, 2.05) is 30.3 Å². The summed E-state index contributed by atoms with van der Waals surface area (Å²) >= 11 is 0. The van der Waals surface area contributed by atoms with Gasteiger partial charge in [0.25, 0.3) is 0 Å². The van der Waals surface area contributed by atoms with Crippen LogP contribution in [0.1, 0.15) is 18.4 Å². The molecule has 2 aromatic carbocycles. The molecule has 3 amide bonds. The summed E-state index contributed by atoms with van der Waals surface area (Å²) in [5, 5.41) is 14.0. The van der Waals surface area contributed by atoms with Gasteiger partial charge in [0.2, 0.25) is 17.7 Å². The van der Waals surface area contributed by atoms with Crippen molar-refractivity contribution in [3.05, 3.63) is 60.2 Å². The Morgan fingerprint density at radius 1 is 1.04 bits per heavy atom. The van der Waals surface area contributed by atoms with Gasteiger partial charge in [0.15, 0.2) is 0 Å². The number of nitrogens with zero attached hydrogens (tertiary/aromatic N) is 2. The van der Waals surface area contributed by atoms with Crippen molar-refractivity contribution in [2.45, 2.75) is 19.4 Å². The summed E-state index contributed by atoms with van der Waals surface area (Å²) in [6, 6.07) is 18.2. The number of benzene rings is 2. The summed E-state index contributed by atoms with van der Waals surface area (Å²) in [5.41, 5.74) is 1.87. The van der Waals surface area contributed by atoms with Crippen LogP contribution in [0.4, 0.5) is 11.4 Å². The third-order valence-corrected chi connectivity index (χ3v) is 4.50. The molecular formula is C21H20N4O3. The van der Waals surface area contributed by atoms with Gasteiger partial charge in [0.1, 0.15) is 6.42 Å². The highest BCUT2D eigenvalue weighted by molar-refractivity contribution is 6.02. The smallest absolute Gasteiger partial charge is 0.238 e. The summed E-state index contributed by atoms with van der Waals surface area (Å²) in [5.74, 6) is -1.24. The van der Waals surface area contributed by atoms with Gasteiger partial charge >= 0.3 is 0 Å². The summed E-state index contributed by atoms with van der Waals surface area (Å²) in [7, 11) is 0. The highest BCUT2D eigenvalue weighted by atomic mass is 16.2. The molecule has 0 spiro atoms. The van der Waals surface area contributed by atoms with Gasteiger partial charge in [-0.05, 0) is 17.7 Å². The fourth-order valence-electron chi connectivity index (χ4n) is 3.11. The fourth-order valence-corrected chi connectivity index (χ4v) is 3.11. The zero-order valence-corrected chi connectivity index (χ0v) is 15.2. The topological polar surface area (TPSA) is 102 Å². The number of likely N-dealkylation sites (tertiary alicyclic amines) is 1. The Kier molecular flexibility index (Phi) is 6.02. The highest BCUT2D eigenvalue weighted by Gasteiger charge is 2.34. The molecule has 2 N–H and O–H groups in total. The van der Waals surface area contributed by atoms with E-state index in [4.69, 9.17) is 5.26 Å². The van der Waals surface area contributed by atoms with Crippen LogP contribution in [0.2, 0.25) is 0 Å². The van der Waals surface area contributed by atoms with Crippen LogP contribution in [0.3, 0.4) is 0 Å². The number of hydrogen-bond acceptors (Lipinski definition) is 4. The second-order valence-electron chi connectivity index (χ2n) is 6.58. The summed E-state index contributed by atoms with van der Waals surface area (Å²) in [4.78, 5) is 38.3. The molecule has 1 saturated heterocycles. The van der Waals surface area contributed by atoms with Crippen LogP contribution >= 0.6 is 0 Å². The van der Waals surface area contributed by atoms with E-state index in [9.17, 15) is 14.4 Å². The Labute approximate surface area is 163 Å². The quantitative estimate of drug-likeness (QED) is 0.809. The summed E-state index contributed by atoms with van der Waals surface area (Å²) < 4.78 is 0. The van der Waals surface area contributed by atoms with E-state index in [0.717, 1.165) is 5.56 Å². The SMILES string of the molecule is N#CCC(=O)Nc1ccccc1NC(=O)C1CC(=O)N(Cc2ccccc2)C1. The van der Waals surface area contributed by atoms with Gasteiger partial charge in [-0.3, -0.25) is 14.4 Å². The van der Waals surface area contributed by atoms with Crippen molar-refractivity contribution in [2.75, 3.05) is 17.2 Å². The molecule has 1 atom stereocenters. The molecule has 3 rings (SSSR count). The Bertz CT molecular complexity index is 921. The van der Waals surface area contributed by atoms with Gasteiger partial charge < -0.3 is 15.5 Å². The minimum atomic E-state index is -0.459. The van der Waals surface area contributed by atoms with Gasteiger partial charge in [-0.1, -0.05) is 42.5 Å². The Morgan fingerprint density at radius 3 is 2.36 bits per heavy atom. The molecule has 0 bridgehead atoms. The van der Waals surface area contributed by atoms with E-state index in [1.54, 1.807) is 35.2 Å². The van der Waals surface area contributed by atoms with Gasteiger partial charge in [-0.2, -0.15) is 5.26 Å². The normalized spacial score (nSPS) is 15.8. The Hall–Kier alpha value is -3.66. The van der Waals surface area contributed by atoms with Crippen LogP contribution in [0.15, 0.2) is 54.6 Å². The number of carbonyl (C=O) groups is 3. The number of nitriles is 1. The van der Waals surface area contributed by atoms with Gasteiger partial charge in [0, 0.05) is 19.5 Å². The van der Waals surface area contributed by atoms with Crippen LogP contribution in [-0.2, 0) is 20.9 Å². The largest absolute Gasteiger partial charge is 0.338 e. The summed E-state index contributed by atoms with van der Waals surface area (Å²) in [6.07, 6.45) is -0.116. The molecule has 1 aliphatic heterocycles. The molecule has 142 valence electrons. The number of anilines is 2. The molecule has 1 aliphatic rings. The van der Waals surface area contributed by atoms with Gasteiger partial charge in [-0.15, -0.1) is 0 Å². The lowest BCUT2D eigenvalue weighted by Gasteiger charge is -2.17. The zero-order valence-electron chi connectivity index (χ0n) is 15.2. The Morgan fingerprint density at radius 2 is 1.68 bits per heavy atom. The number of hydrogen-bond donors (Lipinski definition) is 2. The van der Waals surface area contributed by atoms with Crippen LogP contribution in [0.5, 0.6) is 0 Å². The Balaban J connectivity index is 1.63. The van der Waals surface area contributed by atoms with Gasteiger partial charge in [0.05, 0.1) is 23.4 Å². The third-order valence-electron chi connectivity index (χ3n) is 4.50. The lowest BCUT2D eigenvalue weighted by molar-refractivity contribution is -0.128. The molecular weight excluding hydrogens is 356 g/mol. The minimum absolute atomic E-state index is 0.0559. The van der Waals surface area contributed by atoms with Crippen molar-refractivity contribution in [3.63, 3.8) is 0 Å². The number of carbonyl (C=O) groups excluding carboxylic acids is 3. The first-order chi connectivity index (χ1) is 13.6. The van der Waals surface area contributed by atoms with E-state index in [-0.39, 0.29) is 24.7 Å². The second-order valence-corrected chi connectivity index (χ2v) is 6.58. The molecule has 7 nitrogen and oxygen atoms in total. The van der Waals surface area contributed by atoms with E-state index in [1.165, 1.54) is 0 Å². The minimum Gasteiger partial charge on any atom is -0.338 e. The summed E-state index contributed by atoms with van der Waals surface area (Å²) in [6.45, 7) is 0.826. The lowest BCUT2D eigenvalue weighted by Crippen LogP contribution is -2.28. The van der Waals surface area contributed by atoms with Crippen molar-refractivity contribution in [1.82, 2.24) is 4.90 Å². The molecule has 0 saturated carbocycles. The average Bonchev–Trinajstić information content (AvgIpc) is 3.05. The highest BCUT2D eigenvalue weighted by Crippen LogP contribution is 2.25. The van der Waals surface area contributed by atoms with Crippen molar-refractivity contribution in [3.8, 4) is 6.07 Å². The van der Waals surface area contributed by atoms with Crippen molar-refractivity contribution < 1.29 is 14.4 Å². The average molecular weight is 376 g/mol. The monoisotopic (exact) mass is 376 g/mol. The predicted molar refractivity (Wildman–Crippen MR) is 104 cm³/mol. The maximum absolute atomic E-state index is 12.7. The maximum Gasteiger partial charge on any atom is 0.238 e. The molecule has 0 radical (unpaired) electrons. The van der Waals surface area contributed by atoms with Crippen LogP contribution in [-0.4, -0.2) is 29.2 Å². The number of nitrogens with one attached hydrogen (secondary N) is 2. The van der Waals surface area contributed by atoms with Gasteiger partial charge in [-0.25, -0.2) is 0 Å². The first-order valence-electron chi connectivity index (χ1n) is 8.95. The molecule has 1 fully saturated rings. The first-order valence-corrected chi connectivity index (χ1v) is 8.95. The molecule has 0 aliphatic carbocycles. The number of amides is 3. The lowest BCUT2D eigenvalue weighted by atomic mass is 10.1. The maximum atomic E-state index is 12.7. The molecule has 1 unspecified atom stereocenters. The molecule has 28 heavy (non-hydrogen) atoms. The molecule has 1 heterocycles. The van der Waals surface area contributed by atoms with E-state index in [0.29, 0.717) is 24.5 Å². The van der Waals surface area contributed by atoms with Crippen molar-refractivity contribution in [2.24, 2.45) is 5.92 Å². The number of rotatable bonds is 6. The molecule has 7 heteroatoms. The van der Waals surface area contributed by atoms with Crippen LogP contribution < -0.4 is 10.6 Å². The zero-order chi connectivity index (χ0) is 19.9. The van der Waals surface area contributed by atoms with Crippen LogP contribution in [0, 0.1) is 17.2 Å². The van der Waals surface area contributed by atoms with E-state index >= 15 is 0 Å². The van der Waals surface area contributed by atoms with E-state index < -0.39 is 11.8 Å². The van der Waals surface area contributed by atoms with Crippen LogP contribution in [0.25, 0.3) is 0 Å².